The highest BCUT2D eigenvalue weighted by molar-refractivity contribution is 5.74. The van der Waals surface area contributed by atoms with Gasteiger partial charge in [0, 0.05) is 19.1 Å². The van der Waals surface area contributed by atoms with Crippen molar-refractivity contribution in [3.05, 3.63) is 0 Å². The zero-order valence-electron chi connectivity index (χ0n) is 8.29. The molecule has 0 spiro atoms. The summed E-state index contributed by atoms with van der Waals surface area (Å²) in [4.78, 5) is 13.1. The fraction of sp³-hybridized carbons (Fsp3) is 0.889. The maximum atomic E-state index is 11.5. The SMILES string of the molecule is CC(C)NC(=O)N1CCC[C@H](O)C1. The van der Waals surface area contributed by atoms with E-state index in [1.807, 2.05) is 13.8 Å². The molecular formula is C9H18N2O2. The van der Waals surface area contributed by atoms with Gasteiger partial charge in [-0.05, 0) is 26.7 Å². The summed E-state index contributed by atoms with van der Waals surface area (Å²) in [5, 5.41) is 12.1. The van der Waals surface area contributed by atoms with Crippen molar-refractivity contribution < 1.29 is 9.90 Å². The lowest BCUT2D eigenvalue weighted by Crippen LogP contribution is -2.48. The number of urea groups is 1. The molecule has 4 heteroatoms. The Morgan fingerprint density at radius 2 is 2.31 bits per heavy atom. The van der Waals surface area contributed by atoms with Crippen LogP contribution in [-0.4, -0.2) is 41.3 Å². The summed E-state index contributed by atoms with van der Waals surface area (Å²) in [5.41, 5.74) is 0. The quantitative estimate of drug-likeness (QED) is 0.628. The van der Waals surface area contributed by atoms with E-state index in [1.165, 1.54) is 0 Å². The first-order chi connectivity index (χ1) is 6.09. The van der Waals surface area contributed by atoms with Crippen molar-refractivity contribution in [3.63, 3.8) is 0 Å². The van der Waals surface area contributed by atoms with Crippen LogP contribution >= 0.6 is 0 Å². The molecule has 13 heavy (non-hydrogen) atoms. The largest absolute Gasteiger partial charge is 0.391 e. The summed E-state index contributed by atoms with van der Waals surface area (Å²) in [5.74, 6) is 0. The zero-order valence-corrected chi connectivity index (χ0v) is 8.29. The Kier molecular flexibility index (Phi) is 3.54. The normalized spacial score (nSPS) is 23.4. The van der Waals surface area contributed by atoms with Crippen LogP contribution in [-0.2, 0) is 0 Å². The maximum absolute atomic E-state index is 11.5. The van der Waals surface area contributed by atoms with Gasteiger partial charge in [0.15, 0.2) is 0 Å². The van der Waals surface area contributed by atoms with E-state index in [-0.39, 0.29) is 18.2 Å². The van der Waals surface area contributed by atoms with Crippen LogP contribution in [0.1, 0.15) is 26.7 Å². The summed E-state index contributed by atoms with van der Waals surface area (Å²) in [6, 6.07) is 0.0975. The summed E-state index contributed by atoms with van der Waals surface area (Å²) < 4.78 is 0. The number of carbonyl (C=O) groups is 1. The van der Waals surface area contributed by atoms with E-state index in [2.05, 4.69) is 5.32 Å². The maximum Gasteiger partial charge on any atom is 0.317 e. The summed E-state index contributed by atoms with van der Waals surface area (Å²) in [6.45, 7) is 5.09. The number of aliphatic hydroxyl groups is 1. The number of nitrogens with one attached hydrogen (secondary N) is 1. The van der Waals surface area contributed by atoms with E-state index in [1.54, 1.807) is 4.90 Å². The Hall–Kier alpha value is -0.770. The second-order valence-electron chi connectivity index (χ2n) is 3.85. The van der Waals surface area contributed by atoms with Gasteiger partial charge in [0.2, 0.25) is 0 Å². The standard InChI is InChI=1S/C9H18N2O2/c1-7(2)10-9(13)11-5-3-4-8(12)6-11/h7-8,12H,3-6H2,1-2H3,(H,10,13)/t8-/m0/s1. The van der Waals surface area contributed by atoms with Gasteiger partial charge >= 0.3 is 6.03 Å². The molecule has 0 bridgehead atoms. The van der Waals surface area contributed by atoms with Crippen molar-refractivity contribution in [2.75, 3.05) is 13.1 Å². The molecule has 0 aromatic carbocycles. The van der Waals surface area contributed by atoms with Gasteiger partial charge in [-0.3, -0.25) is 0 Å². The molecule has 1 fully saturated rings. The summed E-state index contributed by atoms with van der Waals surface area (Å²) in [6.07, 6.45) is 1.37. The highest BCUT2D eigenvalue weighted by atomic mass is 16.3. The van der Waals surface area contributed by atoms with Crippen molar-refractivity contribution in [2.24, 2.45) is 0 Å². The molecule has 4 nitrogen and oxygen atoms in total. The van der Waals surface area contributed by atoms with Crippen LogP contribution in [0.15, 0.2) is 0 Å². The number of hydrogen-bond donors (Lipinski definition) is 2. The lowest BCUT2D eigenvalue weighted by molar-refractivity contribution is 0.0836. The van der Waals surface area contributed by atoms with Gasteiger partial charge in [-0.1, -0.05) is 0 Å². The van der Waals surface area contributed by atoms with Gasteiger partial charge in [-0.2, -0.15) is 0 Å². The van der Waals surface area contributed by atoms with Crippen LogP contribution in [0.3, 0.4) is 0 Å². The first kappa shape index (κ1) is 10.3. The Labute approximate surface area is 78.9 Å². The second-order valence-corrected chi connectivity index (χ2v) is 3.85. The van der Waals surface area contributed by atoms with Crippen LogP contribution in [0.2, 0.25) is 0 Å². The molecule has 0 radical (unpaired) electrons. The van der Waals surface area contributed by atoms with Crippen molar-refractivity contribution >= 4 is 6.03 Å². The first-order valence-corrected chi connectivity index (χ1v) is 4.83. The number of likely N-dealkylation sites (tertiary alicyclic amines) is 1. The molecule has 2 amide bonds. The lowest BCUT2D eigenvalue weighted by Gasteiger charge is -2.30. The Morgan fingerprint density at radius 3 is 2.85 bits per heavy atom. The minimum Gasteiger partial charge on any atom is -0.391 e. The molecule has 0 aliphatic carbocycles. The van der Waals surface area contributed by atoms with Crippen molar-refractivity contribution in [2.45, 2.75) is 38.8 Å². The molecule has 0 unspecified atom stereocenters. The predicted octanol–water partition coefficient (Wildman–Crippen LogP) is 0.561. The average molecular weight is 186 g/mol. The van der Waals surface area contributed by atoms with E-state index < -0.39 is 0 Å². The van der Waals surface area contributed by atoms with Gasteiger partial charge in [0.25, 0.3) is 0 Å². The summed E-state index contributed by atoms with van der Waals surface area (Å²) in [7, 11) is 0. The van der Waals surface area contributed by atoms with Crippen LogP contribution in [0.25, 0.3) is 0 Å². The summed E-state index contributed by atoms with van der Waals surface area (Å²) >= 11 is 0. The van der Waals surface area contributed by atoms with Crippen molar-refractivity contribution in [3.8, 4) is 0 Å². The molecule has 1 heterocycles. The fourth-order valence-corrected chi connectivity index (χ4v) is 1.48. The average Bonchev–Trinajstić information content (AvgIpc) is 2.03. The minimum atomic E-state index is -0.341. The number of β-amino-alcohol motifs (C(OH)–C–C–N with tert-alkyl or cyclic N) is 1. The van der Waals surface area contributed by atoms with Gasteiger partial charge in [-0.25, -0.2) is 4.79 Å². The van der Waals surface area contributed by atoms with Gasteiger partial charge in [0.1, 0.15) is 0 Å². The van der Waals surface area contributed by atoms with Gasteiger partial charge in [0.05, 0.1) is 6.10 Å². The number of amides is 2. The Balaban J connectivity index is 2.37. The molecule has 76 valence electrons. The van der Waals surface area contributed by atoms with E-state index in [0.29, 0.717) is 6.54 Å². The van der Waals surface area contributed by atoms with E-state index in [9.17, 15) is 9.90 Å². The Bertz CT molecular complexity index is 182. The van der Waals surface area contributed by atoms with Crippen LogP contribution in [0, 0.1) is 0 Å². The third-order valence-corrected chi connectivity index (χ3v) is 2.10. The molecule has 1 aliphatic heterocycles. The zero-order chi connectivity index (χ0) is 9.84. The molecule has 1 rings (SSSR count). The van der Waals surface area contributed by atoms with E-state index >= 15 is 0 Å². The Morgan fingerprint density at radius 1 is 1.62 bits per heavy atom. The highest BCUT2D eigenvalue weighted by Crippen LogP contribution is 2.09. The molecule has 2 N–H and O–H groups in total. The number of piperidine rings is 1. The topological polar surface area (TPSA) is 52.6 Å². The lowest BCUT2D eigenvalue weighted by atomic mass is 10.1. The van der Waals surface area contributed by atoms with Gasteiger partial charge < -0.3 is 15.3 Å². The smallest absolute Gasteiger partial charge is 0.317 e. The van der Waals surface area contributed by atoms with Crippen molar-refractivity contribution in [1.82, 2.24) is 10.2 Å². The van der Waals surface area contributed by atoms with E-state index in [4.69, 9.17) is 0 Å². The molecule has 0 aromatic heterocycles. The fourth-order valence-electron chi connectivity index (χ4n) is 1.48. The molecule has 1 aliphatic rings. The third kappa shape index (κ3) is 3.22. The molecule has 1 atom stereocenters. The molecule has 0 saturated carbocycles. The molecule has 0 aromatic rings. The number of rotatable bonds is 1. The monoisotopic (exact) mass is 186 g/mol. The van der Waals surface area contributed by atoms with Crippen LogP contribution < -0.4 is 5.32 Å². The third-order valence-electron chi connectivity index (χ3n) is 2.10. The predicted molar refractivity (Wildman–Crippen MR) is 50.5 cm³/mol. The number of aliphatic hydroxyl groups excluding tert-OH is 1. The van der Waals surface area contributed by atoms with Crippen molar-refractivity contribution in [1.29, 1.82) is 0 Å². The van der Waals surface area contributed by atoms with Gasteiger partial charge in [-0.15, -0.1) is 0 Å². The number of nitrogens with zero attached hydrogens (tertiary/aromatic N) is 1. The minimum absolute atomic E-state index is 0.0613. The first-order valence-electron chi connectivity index (χ1n) is 4.83. The highest BCUT2D eigenvalue weighted by Gasteiger charge is 2.21. The van der Waals surface area contributed by atoms with Crippen LogP contribution in [0.5, 0.6) is 0 Å². The number of hydrogen-bond acceptors (Lipinski definition) is 2. The van der Waals surface area contributed by atoms with Crippen LogP contribution in [0.4, 0.5) is 4.79 Å². The van der Waals surface area contributed by atoms with E-state index in [0.717, 1.165) is 19.4 Å². The molecule has 1 saturated heterocycles. The molecular weight excluding hydrogens is 168 g/mol. The number of carbonyl (C=O) groups excluding carboxylic acids is 1. The second kappa shape index (κ2) is 4.46.